The number of nitrogens with zero attached hydrogens (tertiary/aromatic N) is 3. The van der Waals surface area contributed by atoms with Crippen molar-refractivity contribution in [3.8, 4) is 0 Å². The Balaban J connectivity index is 1.65. The van der Waals surface area contributed by atoms with Crippen LogP contribution < -0.4 is 0 Å². The number of hydrogen-bond donors (Lipinski definition) is 0. The van der Waals surface area contributed by atoms with E-state index in [2.05, 4.69) is 9.74 Å². The highest BCUT2D eigenvalue weighted by atomic mass is 19.1. The van der Waals surface area contributed by atoms with Crippen LogP contribution in [0, 0.1) is 18.2 Å². The van der Waals surface area contributed by atoms with E-state index in [-0.39, 0.29) is 12.1 Å². The van der Waals surface area contributed by atoms with Gasteiger partial charge < -0.3 is 14.4 Å². The van der Waals surface area contributed by atoms with Gasteiger partial charge in [0.05, 0.1) is 25.3 Å². The summed E-state index contributed by atoms with van der Waals surface area (Å²) in [6.07, 6.45) is -0.818. The average Bonchev–Trinajstić information content (AvgIpc) is 2.59. The molecule has 2 saturated heterocycles. The predicted octanol–water partition coefficient (Wildman–Crippen LogP) is 3.51. The summed E-state index contributed by atoms with van der Waals surface area (Å²) >= 11 is 0. The van der Waals surface area contributed by atoms with Crippen LogP contribution >= 0.6 is 0 Å². The molecule has 0 unspecified atom stereocenters. The van der Waals surface area contributed by atoms with Crippen LogP contribution in [-0.4, -0.2) is 60.3 Å². The standard InChI is InChI=1S/C19H23F2N3O3/c1-19(2,3)27-18(25)24-6-5-23-10-16(26-11-13(23)9-24)12-7-14(20)17(22-4)15(21)8-12/h7-8,13,16H,5-6,9-11H2,1-3H3/t13-,16-/m1/s1. The van der Waals surface area contributed by atoms with Gasteiger partial charge in [-0.25, -0.2) is 18.4 Å². The number of halogens is 2. The van der Waals surface area contributed by atoms with Crippen LogP contribution in [0.3, 0.4) is 0 Å². The first-order valence-corrected chi connectivity index (χ1v) is 8.88. The molecule has 27 heavy (non-hydrogen) atoms. The quantitative estimate of drug-likeness (QED) is 0.701. The van der Waals surface area contributed by atoms with Gasteiger partial charge in [0.2, 0.25) is 0 Å². The largest absolute Gasteiger partial charge is 0.444 e. The molecule has 0 spiro atoms. The zero-order valence-electron chi connectivity index (χ0n) is 15.7. The van der Waals surface area contributed by atoms with Gasteiger partial charge in [-0.05, 0) is 38.5 Å². The molecule has 0 aliphatic carbocycles. The lowest BCUT2D eigenvalue weighted by atomic mass is 10.0. The second-order valence-corrected chi connectivity index (χ2v) is 7.84. The number of fused-ring (bicyclic) bond motifs is 1. The first-order chi connectivity index (χ1) is 12.7. The molecule has 1 aromatic carbocycles. The van der Waals surface area contributed by atoms with E-state index in [9.17, 15) is 13.6 Å². The number of ether oxygens (including phenoxy) is 2. The van der Waals surface area contributed by atoms with Crippen molar-refractivity contribution >= 4 is 11.8 Å². The molecular weight excluding hydrogens is 356 g/mol. The Morgan fingerprint density at radius 2 is 1.93 bits per heavy atom. The van der Waals surface area contributed by atoms with Crippen molar-refractivity contribution in [1.29, 1.82) is 0 Å². The van der Waals surface area contributed by atoms with E-state index < -0.39 is 29.0 Å². The second kappa shape index (κ2) is 7.41. The van der Waals surface area contributed by atoms with E-state index >= 15 is 0 Å². The highest BCUT2D eigenvalue weighted by Gasteiger charge is 2.37. The molecule has 0 saturated carbocycles. The van der Waals surface area contributed by atoms with Crippen molar-refractivity contribution in [3.63, 3.8) is 0 Å². The fourth-order valence-electron chi connectivity index (χ4n) is 3.36. The van der Waals surface area contributed by atoms with Crippen LogP contribution in [0.25, 0.3) is 4.85 Å². The predicted molar refractivity (Wildman–Crippen MR) is 94.5 cm³/mol. The van der Waals surface area contributed by atoms with E-state index in [0.717, 1.165) is 0 Å². The number of carbonyl (C=O) groups is 1. The highest BCUT2D eigenvalue weighted by Crippen LogP contribution is 2.31. The monoisotopic (exact) mass is 379 g/mol. The first kappa shape index (κ1) is 19.5. The maximum atomic E-state index is 13.9. The minimum Gasteiger partial charge on any atom is -0.444 e. The van der Waals surface area contributed by atoms with Crippen molar-refractivity contribution in [3.05, 3.63) is 40.7 Å². The molecule has 8 heteroatoms. The molecular formula is C19H23F2N3O3. The number of hydrogen-bond acceptors (Lipinski definition) is 4. The van der Waals surface area contributed by atoms with Crippen LogP contribution in [0.1, 0.15) is 32.4 Å². The summed E-state index contributed by atoms with van der Waals surface area (Å²) in [5.41, 5.74) is -0.766. The average molecular weight is 379 g/mol. The van der Waals surface area contributed by atoms with Crippen molar-refractivity contribution < 1.29 is 23.0 Å². The zero-order chi connectivity index (χ0) is 19.8. The third-order valence-electron chi connectivity index (χ3n) is 4.67. The van der Waals surface area contributed by atoms with E-state index in [1.807, 2.05) is 20.8 Å². The first-order valence-electron chi connectivity index (χ1n) is 8.88. The highest BCUT2D eigenvalue weighted by molar-refractivity contribution is 5.68. The van der Waals surface area contributed by atoms with Crippen molar-refractivity contribution in [2.45, 2.75) is 38.5 Å². The molecule has 1 amide bonds. The fraction of sp³-hybridized carbons (Fsp3) is 0.579. The van der Waals surface area contributed by atoms with Crippen molar-refractivity contribution in [2.75, 3.05) is 32.8 Å². The molecule has 2 atom stereocenters. The zero-order valence-corrected chi connectivity index (χ0v) is 15.7. The Hall–Kier alpha value is -2.24. The van der Waals surface area contributed by atoms with Crippen molar-refractivity contribution in [1.82, 2.24) is 9.80 Å². The van der Waals surface area contributed by atoms with Gasteiger partial charge in [-0.15, -0.1) is 0 Å². The molecule has 2 fully saturated rings. The molecule has 0 aromatic heterocycles. The summed E-state index contributed by atoms with van der Waals surface area (Å²) < 4.78 is 39.0. The summed E-state index contributed by atoms with van der Waals surface area (Å²) in [6.45, 7) is 14.8. The number of carbonyl (C=O) groups excluding carboxylic acids is 1. The number of amides is 1. The lowest BCUT2D eigenvalue weighted by molar-refractivity contribution is -0.0907. The molecule has 3 rings (SSSR count). The summed E-state index contributed by atoms with van der Waals surface area (Å²) in [7, 11) is 0. The summed E-state index contributed by atoms with van der Waals surface area (Å²) in [4.78, 5) is 18.9. The maximum absolute atomic E-state index is 13.9. The Morgan fingerprint density at radius 1 is 1.26 bits per heavy atom. The van der Waals surface area contributed by atoms with Crippen LogP contribution in [0.15, 0.2) is 12.1 Å². The Labute approximate surface area is 157 Å². The van der Waals surface area contributed by atoms with Gasteiger partial charge >= 0.3 is 6.09 Å². The van der Waals surface area contributed by atoms with Gasteiger partial charge in [0.1, 0.15) is 17.2 Å². The van der Waals surface area contributed by atoms with E-state index in [0.29, 0.717) is 38.3 Å². The van der Waals surface area contributed by atoms with Crippen LogP contribution in [-0.2, 0) is 9.47 Å². The third kappa shape index (κ3) is 4.37. The SMILES string of the molecule is [C-]#[N+]c1c(F)cc([C@H]2CN3CCN(C(=O)OC(C)(C)C)C[C@@H]3CO2)cc1F. The van der Waals surface area contributed by atoms with Gasteiger partial charge in [-0.1, -0.05) is 0 Å². The smallest absolute Gasteiger partial charge is 0.410 e. The maximum Gasteiger partial charge on any atom is 0.410 e. The summed E-state index contributed by atoms with van der Waals surface area (Å²) in [5.74, 6) is -1.75. The van der Waals surface area contributed by atoms with Gasteiger partial charge in [0.15, 0.2) is 0 Å². The van der Waals surface area contributed by atoms with E-state index in [4.69, 9.17) is 16.0 Å². The minimum atomic E-state index is -0.875. The minimum absolute atomic E-state index is 0.0136. The number of benzene rings is 1. The molecule has 2 heterocycles. The normalized spacial score (nSPS) is 23.5. The lowest BCUT2D eigenvalue weighted by Crippen LogP contribution is -2.60. The van der Waals surface area contributed by atoms with Crippen LogP contribution in [0.5, 0.6) is 0 Å². The Kier molecular flexibility index (Phi) is 5.36. The molecule has 0 bridgehead atoms. The molecule has 0 N–H and O–H groups in total. The topological polar surface area (TPSA) is 46.4 Å². The molecule has 1 aromatic rings. The molecule has 6 nitrogen and oxygen atoms in total. The Bertz CT molecular complexity index is 749. The molecule has 146 valence electrons. The number of rotatable bonds is 1. The number of morpholine rings is 1. The molecule has 0 radical (unpaired) electrons. The summed E-state index contributed by atoms with van der Waals surface area (Å²) in [5, 5.41) is 0. The van der Waals surface area contributed by atoms with Crippen LogP contribution in [0.4, 0.5) is 19.3 Å². The van der Waals surface area contributed by atoms with Crippen molar-refractivity contribution in [2.24, 2.45) is 0 Å². The second-order valence-electron chi connectivity index (χ2n) is 7.84. The van der Waals surface area contributed by atoms with Gasteiger partial charge in [0, 0.05) is 26.2 Å². The molecule has 2 aliphatic heterocycles. The van der Waals surface area contributed by atoms with Gasteiger partial charge in [-0.2, -0.15) is 0 Å². The third-order valence-corrected chi connectivity index (χ3v) is 4.67. The van der Waals surface area contributed by atoms with E-state index in [1.165, 1.54) is 12.1 Å². The van der Waals surface area contributed by atoms with Gasteiger partial charge in [-0.3, -0.25) is 4.90 Å². The Morgan fingerprint density at radius 3 is 2.52 bits per heavy atom. The lowest BCUT2D eigenvalue weighted by Gasteiger charge is -2.46. The van der Waals surface area contributed by atoms with E-state index in [1.54, 1.807) is 4.90 Å². The fourth-order valence-corrected chi connectivity index (χ4v) is 3.36. The van der Waals surface area contributed by atoms with Gasteiger partial charge in [0.25, 0.3) is 5.69 Å². The number of piperazine rings is 1. The summed E-state index contributed by atoms with van der Waals surface area (Å²) in [6, 6.07) is 2.34. The van der Waals surface area contributed by atoms with Crippen LogP contribution in [0.2, 0.25) is 0 Å². The molecule has 2 aliphatic rings.